The van der Waals surface area contributed by atoms with Crippen LogP contribution < -0.4 is 10.0 Å². The van der Waals surface area contributed by atoms with Gasteiger partial charge in [0.05, 0.1) is 0 Å². The number of hydrogen-bond acceptors (Lipinski definition) is 3. The number of sulfonamides is 1. The fourth-order valence-electron chi connectivity index (χ4n) is 1.23. The minimum absolute atomic E-state index is 0.166. The first-order chi connectivity index (χ1) is 7.97. The molecule has 0 spiro atoms. The first-order valence-electron chi connectivity index (χ1n) is 5.06. The Balaban J connectivity index is 2.79. The minimum atomic E-state index is -3.99. The van der Waals surface area contributed by atoms with Crippen molar-refractivity contribution < 1.29 is 17.2 Å². The highest BCUT2D eigenvalue weighted by Gasteiger charge is 2.18. The van der Waals surface area contributed by atoms with Gasteiger partial charge in [-0.3, -0.25) is 0 Å². The lowest BCUT2D eigenvalue weighted by atomic mass is 10.3. The summed E-state index contributed by atoms with van der Waals surface area (Å²) in [6, 6.07) is 2.32. The lowest BCUT2D eigenvalue weighted by Crippen LogP contribution is -2.27. The van der Waals surface area contributed by atoms with Crippen LogP contribution in [0.4, 0.5) is 8.78 Å². The molecule has 7 heteroatoms. The predicted octanol–water partition coefficient (Wildman–Crippen LogP) is 0.853. The average Bonchev–Trinajstić information content (AvgIpc) is 2.28. The summed E-state index contributed by atoms with van der Waals surface area (Å²) in [5, 5.41) is 2.85. The van der Waals surface area contributed by atoms with Crippen LogP contribution in [0, 0.1) is 11.6 Å². The molecule has 0 aliphatic rings. The minimum Gasteiger partial charge on any atom is -0.320 e. The SMILES string of the molecule is CNCCCNS(=O)(=O)c1cc(F)ccc1F. The number of halogens is 2. The Bertz CT molecular complexity index is 477. The summed E-state index contributed by atoms with van der Waals surface area (Å²) in [5.41, 5.74) is 0. The molecule has 0 amide bonds. The molecule has 0 radical (unpaired) electrons. The Kier molecular flexibility index (Phi) is 4.98. The van der Waals surface area contributed by atoms with Crippen molar-refractivity contribution in [3.63, 3.8) is 0 Å². The van der Waals surface area contributed by atoms with Crippen molar-refractivity contribution in [3.05, 3.63) is 29.8 Å². The van der Waals surface area contributed by atoms with Gasteiger partial charge in [0.15, 0.2) is 0 Å². The standard InChI is InChI=1S/C10H14F2N2O2S/c1-13-5-2-6-14-17(15,16)10-7-8(11)3-4-9(10)12/h3-4,7,13-14H,2,5-6H2,1H3. The summed E-state index contributed by atoms with van der Waals surface area (Å²) in [7, 11) is -2.25. The molecule has 0 heterocycles. The van der Waals surface area contributed by atoms with Gasteiger partial charge in [-0.2, -0.15) is 0 Å². The van der Waals surface area contributed by atoms with Crippen molar-refractivity contribution in [3.8, 4) is 0 Å². The third kappa shape index (κ3) is 4.03. The van der Waals surface area contributed by atoms with Gasteiger partial charge in [0, 0.05) is 6.54 Å². The van der Waals surface area contributed by atoms with Crippen molar-refractivity contribution in [2.45, 2.75) is 11.3 Å². The third-order valence-corrected chi connectivity index (χ3v) is 3.55. The van der Waals surface area contributed by atoms with Crippen LogP contribution in [0.5, 0.6) is 0 Å². The molecule has 0 unspecified atom stereocenters. The van der Waals surface area contributed by atoms with Gasteiger partial charge in [-0.25, -0.2) is 21.9 Å². The van der Waals surface area contributed by atoms with E-state index < -0.39 is 26.6 Å². The molecule has 0 aliphatic carbocycles. The van der Waals surface area contributed by atoms with Crippen molar-refractivity contribution in [1.29, 1.82) is 0 Å². The largest absolute Gasteiger partial charge is 0.320 e. The monoisotopic (exact) mass is 264 g/mol. The normalized spacial score (nSPS) is 11.7. The quantitative estimate of drug-likeness (QED) is 0.749. The first-order valence-corrected chi connectivity index (χ1v) is 6.55. The molecule has 1 rings (SSSR count). The fraction of sp³-hybridized carbons (Fsp3) is 0.400. The van der Waals surface area contributed by atoms with Crippen molar-refractivity contribution in [2.24, 2.45) is 0 Å². The molecule has 0 fully saturated rings. The van der Waals surface area contributed by atoms with Crippen LogP contribution in [-0.2, 0) is 10.0 Å². The van der Waals surface area contributed by atoms with Gasteiger partial charge in [0.25, 0.3) is 0 Å². The van der Waals surface area contributed by atoms with E-state index >= 15 is 0 Å². The lowest BCUT2D eigenvalue weighted by Gasteiger charge is -2.07. The van der Waals surface area contributed by atoms with Crippen molar-refractivity contribution >= 4 is 10.0 Å². The van der Waals surface area contributed by atoms with Gasteiger partial charge in [-0.15, -0.1) is 0 Å². The summed E-state index contributed by atoms with van der Waals surface area (Å²) >= 11 is 0. The van der Waals surface area contributed by atoms with Gasteiger partial charge in [-0.05, 0) is 38.2 Å². The maximum Gasteiger partial charge on any atom is 0.243 e. The van der Waals surface area contributed by atoms with Crippen molar-refractivity contribution in [2.75, 3.05) is 20.1 Å². The zero-order chi connectivity index (χ0) is 12.9. The molecule has 0 bridgehead atoms. The Morgan fingerprint density at radius 3 is 2.59 bits per heavy atom. The number of nitrogens with one attached hydrogen (secondary N) is 2. The molecule has 1 aromatic rings. The van der Waals surface area contributed by atoms with Crippen LogP contribution in [-0.4, -0.2) is 28.6 Å². The second-order valence-electron chi connectivity index (χ2n) is 3.43. The fourth-order valence-corrected chi connectivity index (χ4v) is 2.39. The van der Waals surface area contributed by atoms with Crippen molar-refractivity contribution in [1.82, 2.24) is 10.0 Å². The van der Waals surface area contributed by atoms with E-state index in [2.05, 4.69) is 10.0 Å². The summed E-state index contributed by atoms with van der Waals surface area (Å²) in [4.78, 5) is -0.665. The molecular weight excluding hydrogens is 250 g/mol. The number of rotatable bonds is 6. The smallest absolute Gasteiger partial charge is 0.243 e. The molecule has 0 atom stereocenters. The van der Waals surface area contributed by atoms with Crippen LogP contribution in [0.2, 0.25) is 0 Å². The van der Waals surface area contributed by atoms with E-state index in [1.807, 2.05) is 0 Å². The highest BCUT2D eigenvalue weighted by Crippen LogP contribution is 2.15. The van der Waals surface area contributed by atoms with E-state index in [1.54, 1.807) is 7.05 Å². The van der Waals surface area contributed by atoms with Crippen LogP contribution in [0.25, 0.3) is 0 Å². The van der Waals surface area contributed by atoms with E-state index in [-0.39, 0.29) is 6.54 Å². The van der Waals surface area contributed by atoms with E-state index in [9.17, 15) is 17.2 Å². The molecule has 2 N–H and O–H groups in total. The Morgan fingerprint density at radius 1 is 1.24 bits per heavy atom. The third-order valence-electron chi connectivity index (χ3n) is 2.08. The molecule has 0 aromatic heterocycles. The highest BCUT2D eigenvalue weighted by molar-refractivity contribution is 7.89. The van der Waals surface area contributed by atoms with E-state index in [1.165, 1.54) is 0 Å². The Hall–Kier alpha value is -1.05. The van der Waals surface area contributed by atoms with Gasteiger partial charge in [0.1, 0.15) is 16.5 Å². The number of benzene rings is 1. The maximum absolute atomic E-state index is 13.2. The predicted molar refractivity (Wildman–Crippen MR) is 60.1 cm³/mol. The van der Waals surface area contributed by atoms with Crippen LogP contribution in [0.15, 0.2) is 23.1 Å². The molecule has 17 heavy (non-hydrogen) atoms. The molecule has 0 saturated heterocycles. The summed E-state index contributed by atoms with van der Waals surface area (Å²) in [6.45, 7) is 0.799. The van der Waals surface area contributed by atoms with Gasteiger partial charge >= 0.3 is 0 Å². The first kappa shape index (κ1) is 14.0. The van der Waals surface area contributed by atoms with E-state index in [0.717, 1.165) is 12.1 Å². The van der Waals surface area contributed by atoms with Crippen LogP contribution in [0.1, 0.15) is 6.42 Å². The zero-order valence-electron chi connectivity index (χ0n) is 9.33. The molecule has 1 aromatic carbocycles. The molecule has 96 valence electrons. The molecule has 0 saturated carbocycles. The van der Waals surface area contributed by atoms with Crippen LogP contribution >= 0.6 is 0 Å². The van der Waals surface area contributed by atoms with Gasteiger partial charge in [-0.1, -0.05) is 0 Å². The molecule has 4 nitrogen and oxygen atoms in total. The molecular formula is C10H14F2N2O2S. The van der Waals surface area contributed by atoms with Gasteiger partial charge < -0.3 is 5.32 Å². The van der Waals surface area contributed by atoms with Gasteiger partial charge in [0.2, 0.25) is 10.0 Å². The number of hydrogen-bond donors (Lipinski definition) is 2. The topological polar surface area (TPSA) is 58.2 Å². The highest BCUT2D eigenvalue weighted by atomic mass is 32.2. The van der Waals surface area contributed by atoms with Crippen LogP contribution in [0.3, 0.4) is 0 Å². The molecule has 0 aliphatic heterocycles. The summed E-state index contributed by atoms with van der Waals surface area (Å²) in [6.07, 6.45) is 0.562. The Morgan fingerprint density at radius 2 is 1.94 bits per heavy atom. The van der Waals surface area contributed by atoms with E-state index in [0.29, 0.717) is 19.0 Å². The second-order valence-corrected chi connectivity index (χ2v) is 5.17. The summed E-state index contributed by atoms with van der Waals surface area (Å²) < 4.78 is 51.6. The lowest BCUT2D eigenvalue weighted by molar-refractivity contribution is 0.544. The Labute approximate surface area is 99.1 Å². The zero-order valence-corrected chi connectivity index (χ0v) is 10.2. The summed E-state index contributed by atoms with van der Waals surface area (Å²) in [5.74, 6) is -1.76. The van der Waals surface area contributed by atoms with E-state index in [4.69, 9.17) is 0 Å². The second kappa shape index (κ2) is 6.04. The average molecular weight is 264 g/mol. The maximum atomic E-state index is 13.2.